The van der Waals surface area contributed by atoms with E-state index in [2.05, 4.69) is 41.1 Å². The van der Waals surface area contributed by atoms with Gasteiger partial charge < -0.3 is 4.74 Å². The van der Waals surface area contributed by atoms with Crippen LogP contribution in [0, 0.1) is 6.92 Å². The molecule has 0 atom stereocenters. The average molecular weight is 315 g/mol. The van der Waals surface area contributed by atoms with Gasteiger partial charge in [-0.3, -0.25) is 15.0 Å². The van der Waals surface area contributed by atoms with E-state index < -0.39 is 0 Å². The van der Waals surface area contributed by atoms with Crippen LogP contribution in [0.3, 0.4) is 0 Å². The Morgan fingerprint density at radius 1 is 1.23 bits per heavy atom. The molecule has 116 valence electrons. The number of nitrogens with two attached hydrogens (primary N) is 1. The summed E-state index contributed by atoms with van der Waals surface area (Å²) in [5.41, 5.74) is 4.69. The van der Waals surface area contributed by atoms with Crippen LogP contribution < -0.4 is 5.14 Å². The van der Waals surface area contributed by atoms with Gasteiger partial charge in [0.05, 0.1) is 18.9 Å². The Morgan fingerprint density at radius 2 is 2.05 bits per heavy atom. The third-order valence-corrected chi connectivity index (χ3v) is 4.47. The second-order valence-electron chi connectivity index (χ2n) is 5.53. The zero-order valence-corrected chi connectivity index (χ0v) is 13.6. The van der Waals surface area contributed by atoms with E-state index in [1.54, 1.807) is 0 Å². The summed E-state index contributed by atoms with van der Waals surface area (Å²) in [6, 6.07) is 10.5. The zero-order chi connectivity index (χ0) is 15.4. The fourth-order valence-corrected chi connectivity index (χ4v) is 3.13. The van der Waals surface area contributed by atoms with Gasteiger partial charge in [-0.05, 0) is 54.3 Å². The number of pyridine rings is 1. The Bertz CT molecular complexity index is 642. The minimum absolute atomic E-state index is 0.829. The molecule has 0 unspecified atom stereocenters. The summed E-state index contributed by atoms with van der Waals surface area (Å²) < 4.78 is 5.40. The molecule has 2 aromatic rings. The number of morpholine rings is 1. The molecule has 1 aromatic heterocycles. The van der Waals surface area contributed by atoms with Crippen molar-refractivity contribution < 1.29 is 4.74 Å². The molecule has 22 heavy (non-hydrogen) atoms. The monoisotopic (exact) mass is 315 g/mol. The summed E-state index contributed by atoms with van der Waals surface area (Å²) >= 11 is 1.27. The van der Waals surface area contributed by atoms with Crippen molar-refractivity contribution in [2.24, 2.45) is 5.14 Å². The summed E-state index contributed by atoms with van der Waals surface area (Å²) in [5.74, 6) is 0. The smallest absolute Gasteiger partial charge is 0.0707 e. The first-order valence-electron chi connectivity index (χ1n) is 7.49. The molecule has 0 spiro atoms. The second kappa shape index (κ2) is 7.24. The van der Waals surface area contributed by atoms with Crippen molar-refractivity contribution in [3.8, 4) is 11.3 Å². The molecule has 1 aliphatic rings. The fraction of sp³-hybridized carbons (Fsp3) is 0.353. The lowest BCUT2D eigenvalue weighted by Gasteiger charge is -2.26. The van der Waals surface area contributed by atoms with E-state index in [4.69, 9.17) is 9.88 Å². The number of hydrogen-bond acceptors (Lipinski definition) is 5. The molecule has 5 heteroatoms. The van der Waals surface area contributed by atoms with E-state index in [9.17, 15) is 0 Å². The standard InChI is InChI=1S/C17H21N3OS/c1-13-10-15(22-18)2-3-16(13)17-11-14(4-5-19-17)12-20-6-8-21-9-7-20/h2-5,10-11H,6-9,12,18H2,1H3. The van der Waals surface area contributed by atoms with Crippen LogP contribution in [0.5, 0.6) is 0 Å². The third kappa shape index (κ3) is 3.67. The number of rotatable bonds is 4. The van der Waals surface area contributed by atoms with Crippen LogP contribution in [0.2, 0.25) is 0 Å². The molecule has 0 bridgehead atoms. The lowest BCUT2D eigenvalue weighted by Crippen LogP contribution is -2.35. The van der Waals surface area contributed by atoms with Gasteiger partial charge >= 0.3 is 0 Å². The van der Waals surface area contributed by atoms with Crippen molar-refractivity contribution in [3.05, 3.63) is 47.7 Å². The molecular formula is C17H21N3OS. The molecule has 3 rings (SSSR count). The van der Waals surface area contributed by atoms with Crippen molar-refractivity contribution in [2.45, 2.75) is 18.4 Å². The number of aryl methyl sites for hydroxylation is 1. The van der Waals surface area contributed by atoms with Crippen LogP contribution in [-0.2, 0) is 11.3 Å². The van der Waals surface area contributed by atoms with Gasteiger partial charge in [0.25, 0.3) is 0 Å². The number of nitrogens with zero attached hydrogens (tertiary/aromatic N) is 2. The highest BCUT2D eigenvalue weighted by atomic mass is 32.2. The van der Waals surface area contributed by atoms with Gasteiger partial charge in [0.2, 0.25) is 0 Å². The highest BCUT2D eigenvalue weighted by Gasteiger charge is 2.12. The van der Waals surface area contributed by atoms with Gasteiger partial charge in [0, 0.05) is 36.3 Å². The molecule has 1 fully saturated rings. The molecule has 0 aliphatic carbocycles. The average Bonchev–Trinajstić information content (AvgIpc) is 2.56. The maximum Gasteiger partial charge on any atom is 0.0707 e. The van der Waals surface area contributed by atoms with Crippen molar-refractivity contribution in [2.75, 3.05) is 26.3 Å². The van der Waals surface area contributed by atoms with E-state index in [1.165, 1.54) is 28.6 Å². The summed E-state index contributed by atoms with van der Waals surface area (Å²) in [6.45, 7) is 6.71. The molecule has 0 saturated carbocycles. The van der Waals surface area contributed by atoms with E-state index in [0.717, 1.165) is 43.4 Å². The second-order valence-corrected chi connectivity index (χ2v) is 6.24. The number of hydrogen-bond donors (Lipinski definition) is 1. The number of aromatic nitrogens is 1. The topological polar surface area (TPSA) is 51.4 Å². The first-order valence-corrected chi connectivity index (χ1v) is 8.37. The minimum atomic E-state index is 0.829. The molecular weight excluding hydrogens is 294 g/mol. The molecule has 1 saturated heterocycles. The van der Waals surface area contributed by atoms with Crippen molar-refractivity contribution >= 4 is 11.9 Å². The molecule has 1 aromatic carbocycles. The maximum atomic E-state index is 5.62. The van der Waals surface area contributed by atoms with Crippen molar-refractivity contribution in [1.29, 1.82) is 0 Å². The molecule has 2 N–H and O–H groups in total. The van der Waals surface area contributed by atoms with Gasteiger partial charge in [-0.25, -0.2) is 0 Å². The van der Waals surface area contributed by atoms with Gasteiger partial charge in [-0.2, -0.15) is 0 Å². The summed E-state index contributed by atoms with van der Waals surface area (Å²) in [6.07, 6.45) is 1.90. The largest absolute Gasteiger partial charge is 0.379 e. The summed E-state index contributed by atoms with van der Waals surface area (Å²) in [7, 11) is 0. The van der Waals surface area contributed by atoms with E-state index >= 15 is 0 Å². The number of ether oxygens (including phenoxy) is 1. The molecule has 1 aliphatic heterocycles. The molecule has 2 heterocycles. The maximum absolute atomic E-state index is 5.62. The number of benzene rings is 1. The van der Waals surface area contributed by atoms with E-state index in [1.807, 2.05) is 12.3 Å². The zero-order valence-electron chi connectivity index (χ0n) is 12.8. The van der Waals surface area contributed by atoms with Crippen LogP contribution in [0.1, 0.15) is 11.1 Å². The fourth-order valence-electron chi connectivity index (χ4n) is 2.73. The van der Waals surface area contributed by atoms with Crippen LogP contribution in [0.4, 0.5) is 0 Å². The van der Waals surface area contributed by atoms with Crippen molar-refractivity contribution in [3.63, 3.8) is 0 Å². The predicted molar refractivity (Wildman–Crippen MR) is 90.6 cm³/mol. The van der Waals surface area contributed by atoms with Crippen LogP contribution in [-0.4, -0.2) is 36.2 Å². The lowest BCUT2D eigenvalue weighted by atomic mass is 10.0. The highest BCUT2D eigenvalue weighted by Crippen LogP contribution is 2.26. The Labute approximate surface area is 135 Å². The normalized spacial score (nSPS) is 15.9. The summed E-state index contributed by atoms with van der Waals surface area (Å²) in [5, 5.41) is 5.62. The van der Waals surface area contributed by atoms with E-state index in [-0.39, 0.29) is 0 Å². The van der Waals surface area contributed by atoms with Gasteiger partial charge in [0.1, 0.15) is 0 Å². The van der Waals surface area contributed by atoms with Crippen molar-refractivity contribution in [1.82, 2.24) is 9.88 Å². The molecule has 0 amide bonds. The van der Waals surface area contributed by atoms with Crippen LogP contribution in [0.25, 0.3) is 11.3 Å². The molecule has 4 nitrogen and oxygen atoms in total. The first kappa shape index (κ1) is 15.5. The lowest BCUT2D eigenvalue weighted by molar-refractivity contribution is 0.0342. The quantitative estimate of drug-likeness (QED) is 0.879. The van der Waals surface area contributed by atoms with Gasteiger partial charge in [-0.15, -0.1) is 0 Å². The van der Waals surface area contributed by atoms with Crippen LogP contribution >= 0.6 is 11.9 Å². The Kier molecular flexibility index (Phi) is 5.10. The van der Waals surface area contributed by atoms with Gasteiger partial charge in [0.15, 0.2) is 0 Å². The minimum Gasteiger partial charge on any atom is -0.379 e. The summed E-state index contributed by atoms with van der Waals surface area (Å²) in [4.78, 5) is 8.03. The predicted octanol–water partition coefficient (Wildman–Crippen LogP) is 2.86. The highest BCUT2D eigenvalue weighted by molar-refractivity contribution is 7.97. The van der Waals surface area contributed by atoms with Crippen LogP contribution in [0.15, 0.2) is 41.4 Å². The van der Waals surface area contributed by atoms with Gasteiger partial charge in [-0.1, -0.05) is 6.07 Å². The third-order valence-electron chi connectivity index (χ3n) is 3.94. The first-order chi connectivity index (χ1) is 10.8. The van der Waals surface area contributed by atoms with E-state index in [0.29, 0.717) is 0 Å². The molecule has 0 radical (unpaired) electrons. The SMILES string of the molecule is Cc1cc(SN)ccc1-c1cc(CN2CCOCC2)ccn1. The Balaban J connectivity index is 1.81. The Morgan fingerprint density at radius 3 is 2.77 bits per heavy atom. The Hall–Kier alpha value is -1.40.